The molecule has 2 amide bonds. The van der Waals surface area contributed by atoms with E-state index in [1.807, 2.05) is 20.8 Å². The summed E-state index contributed by atoms with van der Waals surface area (Å²) < 4.78 is 15.1. The quantitative estimate of drug-likeness (QED) is 0.834. The zero-order valence-electron chi connectivity index (χ0n) is 14.8. The molecule has 0 unspecified atom stereocenters. The molecule has 1 aliphatic rings. The van der Waals surface area contributed by atoms with Crippen molar-refractivity contribution in [3.05, 3.63) is 18.6 Å². The average molecular weight is 352 g/mol. The molecule has 8 heteroatoms. The number of ketones is 1. The summed E-state index contributed by atoms with van der Waals surface area (Å²) in [5.41, 5.74) is -0.229. The van der Waals surface area contributed by atoms with E-state index in [1.165, 1.54) is 18.6 Å². The minimum Gasteiger partial charge on any atom is -0.469 e. The fraction of sp³-hybridized carbons (Fsp3) is 0.588. The second kappa shape index (κ2) is 7.69. The number of ether oxygens (including phenoxy) is 2. The van der Waals surface area contributed by atoms with Gasteiger partial charge in [-0.05, 0) is 18.8 Å². The monoisotopic (exact) mass is 352 g/mol. The van der Waals surface area contributed by atoms with Crippen molar-refractivity contribution in [3.8, 4) is 5.75 Å². The van der Waals surface area contributed by atoms with Crippen LogP contribution in [0.15, 0.2) is 23.0 Å². The van der Waals surface area contributed by atoms with Crippen molar-refractivity contribution in [2.45, 2.75) is 52.3 Å². The van der Waals surface area contributed by atoms with E-state index in [2.05, 4.69) is 10.6 Å². The van der Waals surface area contributed by atoms with Crippen LogP contribution in [0.2, 0.25) is 0 Å². The van der Waals surface area contributed by atoms with E-state index < -0.39 is 30.2 Å². The van der Waals surface area contributed by atoms with Crippen molar-refractivity contribution in [1.29, 1.82) is 0 Å². The molecular formula is C17H24N2O6. The van der Waals surface area contributed by atoms with Gasteiger partial charge < -0.3 is 24.5 Å². The lowest BCUT2D eigenvalue weighted by atomic mass is 9.87. The van der Waals surface area contributed by atoms with Crippen LogP contribution < -0.4 is 15.4 Å². The standard InChI is InChI=1S/C17H24N2O6/c1-10-14(13(20)9-24-10)19-15(21)12(7-17(2,3)4)18-16(22)25-11-5-6-23-8-11/h5-6,8,10,12,14H,7,9H2,1-4H3,(H,18,22)(H,19,21)/t10-,12-,14-/m0/s1. The molecule has 0 radical (unpaired) electrons. The van der Waals surface area contributed by atoms with Gasteiger partial charge in [-0.25, -0.2) is 4.79 Å². The van der Waals surface area contributed by atoms with Gasteiger partial charge >= 0.3 is 6.09 Å². The molecule has 3 atom stereocenters. The Hall–Kier alpha value is -2.35. The molecule has 0 spiro atoms. The molecule has 1 aliphatic heterocycles. The molecule has 0 saturated carbocycles. The van der Waals surface area contributed by atoms with Crippen molar-refractivity contribution in [2.24, 2.45) is 5.41 Å². The Kier molecular flexibility index (Phi) is 5.84. The molecule has 0 aliphatic carbocycles. The molecule has 0 aromatic carbocycles. The molecule has 25 heavy (non-hydrogen) atoms. The van der Waals surface area contributed by atoms with Crippen LogP contribution in [0.1, 0.15) is 34.1 Å². The zero-order chi connectivity index (χ0) is 18.6. The third kappa shape index (κ3) is 5.60. The molecular weight excluding hydrogens is 328 g/mol. The van der Waals surface area contributed by atoms with E-state index in [4.69, 9.17) is 13.9 Å². The van der Waals surface area contributed by atoms with Crippen LogP contribution in [-0.4, -0.2) is 42.6 Å². The minimum atomic E-state index is -0.847. The molecule has 1 aromatic rings. The number of nitrogens with one attached hydrogen (secondary N) is 2. The van der Waals surface area contributed by atoms with Gasteiger partial charge in [0.2, 0.25) is 5.91 Å². The second-order valence-electron chi connectivity index (χ2n) is 7.28. The summed E-state index contributed by atoms with van der Waals surface area (Å²) in [6, 6.07) is -0.0732. The maximum Gasteiger partial charge on any atom is 0.413 e. The van der Waals surface area contributed by atoms with Crippen LogP contribution in [0, 0.1) is 5.41 Å². The predicted molar refractivity (Wildman–Crippen MR) is 88.1 cm³/mol. The maximum atomic E-state index is 12.6. The lowest BCUT2D eigenvalue weighted by Crippen LogP contribution is -2.54. The summed E-state index contributed by atoms with van der Waals surface area (Å²) in [6.07, 6.45) is 1.84. The van der Waals surface area contributed by atoms with Crippen molar-refractivity contribution < 1.29 is 28.3 Å². The van der Waals surface area contributed by atoms with Crippen LogP contribution >= 0.6 is 0 Å². The van der Waals surface area contributed by atoms with Crippen molar-refractivity contribution in [1.82, 2.24) is 10.6 Å². The normalized spacial score (nSPS) is 21.7. The molecule has 1 fully saturated rings. The largest absolute Gasteiger partial charge is 0.469 e. The fourth-order valence-electron chi connectivity index (χ4n) is 2.52. The SMILES string of the molecule is C[C@@H]1OCC(=O)[C@H]1NC(=O)[C@H](CC(C)(C)C)NC(=O)Oc1ccoc1. The van der Waals surface area contributed by atoms with Crippen molar-refractivity contribution in [2.75, 3.05) is 6.61 Å². The van der Waals surface area contributed by atoms with Gasteiger partial charge in [-0.2, -0.15) is 0 Å². The van der Waals surface area contributed by atoms with Crippen molar-refractivity contribution >= 4 is 17.8 Å². The molecule has 138 valence electrons. The van der Waals surface area contributed by atoms with Gasteiger partial charge in [0, 0.05) is 6.07 Å². The minimum absolute atomic E-state index is 0.0218. The Morgan fingerprint density at radius 3 is 2.64 bits per heavy atom. The number of Topliss-reactive ketones (excluding diaryl/α,β-unsaturated/α-hetero) is 1. The Labute approximate surface area is 146 Å². The summed E-state index contributed by atoms with van der Waals surface area (Å²) >= 11 is 0. The fourth-order valence-corrected chi connectivity index (χ4v) is 2.52. The van der Waals surface area contributed by atoms with Gasteiger partial charge in [0.25, 0.3) is 0 Å². The molecule has 0 bridgehead atoms. The van der Waals surface area contributed by atoms with Crippen LogP contribution in [0.5, 0.6) is 5.75 Å². The highest BCUT2D eigenvalue weighted by atomic mass is 16.6. The van der Waals surface area contributed by atoms with E-state index in [-0.39, 0.29) is 23.6 Å². The van der Waals surface area contributed by atoms with E-state index in [1.54, 1.807) is 6.92 Å². The molecule has 2 N–H and O–H groups in total. The van der Waals surface area contributed by atoms with Crippen LogP contribution in [-0.2, 0) is 14.3 Å². The number of hydrogen-bond acceptors (Lipinski definition) is 6. The van der Waals surface area contributed by atoms with Crippen LogP contribution in [0.3, 0.4) is 0 Å². The van der Waals surface area contributed by atoms with E-state index in [0.717, 1.165) is 0 Å². The second-order valence-corrected chi connectivity index (χ2v) is 7.28. The molecule has 2 heterocycles. The van der Waals surface area contributed by atoms with Crippen molar-refractivity contribution in [3.63, 3.8) is 0 Å². The highest BCUT2D eigenvalue weighted by Crippen LogP contribution is 2.22. The number of carbonyl (C=O) groups is 3. The number of carbonyl (C=O) groups excluding carboxylic acids is 3. The molecule has 1 aromatic heterocycles. The third-order valence-corrected chi connectivity index (χ3v) is 3.73. The lowest BCUT2D eigenvalue weighted by Gasteiger charge is -2.27. The van der Waals surface area contributed by atoms with Gasteiger partial charge in [0.15, 0.2) is 11.5 Å². The first-order chi connectivity index (χ1) is 11.7. The summed E-state index contributed by atoms with van der Waals surface area (Å²) in [4.78, 5) is 36.4. The maximum absolute atomic E-state index is 12.6. The Morgan fingerprint density at radius 1 is 1.40 bits per heavy atom. The average Bonchev–Trinajstić information content (AvgIpc) is 3.10. The van der Waals surface area contributed by atoms with Gasteiger partial charge in [-0.1, -0.05) is 20.8 Å². The van der Waals surface area contributed by atoms with E-state index in [0.29, 0.717) is 6.42 Å². The number of rotatable bonds is 5. The summed E-state index contributed by atoms with van der Waals surface area (Å²) in [6.45, 7) is 7.54. The Morgan fingerprint density at radius 2 is 2.12 bits per heavy atom. The molecule has 1 saturated heterocycles. The first-order valence-electron chi connectivity index (χ1n) is 8.11. The van der Waals surface area contributed by atoms with E-state index >= 15 is 0 Å². The molecule has 2 rings (SSSR count). The summed E-state index contributed by atoms with van der Waals surface area (Å²) in [5.74, 6) is -0.397. The Bertz CT molecular complexity index is 620. The zero-order valence-corrected chi connectivity index (χ0v) is 14.8. The van der Waals surface area contributed by atoms with Crippen LogP contribution in [0.25, 0.3) is 0 Å². The smallest absolute Gasteiger partial charge is 0.413 e. The topological polar surface area (TPSA) is 107 Å². The van der Waals surface area contributed by atoms with Gasteiger partial charge in [0.05, 0.1) is 12.4 Å². The lowest BCUT2D eigenvalue weighted by molar-refractivity contribution is -0.128. The number of furan rings is 1. The predicted octanol–water partition coefficient (Wildman–Crippen LogP) is 1.65. The highest BCUT2D eigenvalue weighted by molar-refractivity contribution is 5.94. The summed E-state index contributed by atoms with van der Waals surface area (Å²) in [7, 11) is 0. The highest BCUT2D eigenvalue weighted by Gasteiger charge is 2.36. The third-order valence-electron chi connectivity index (χ3n) is 3.73. The first kappa shape index (κ1) is 19.0. The number of hydrogen-bond donors (Lipinski definition) is 2. The van der Waals surface area contributed by atoms with Gasteiger partial charge in [-0.15, -0.1) is 0 Å². The number of amides is 2. The first-order valence-corrected chi connectivity index (χ1v) is 8.11. The summed E-state index contributed by atoms with van der Waals surface area (Å²) in [5, 5.41) is 5.21. The Balaban J connectivity index is 2.02. The molecule has 8 nitrogen and oxygen atoms in total. The van der Waals surface area contributed by atoms with Crippen LogP contribution in [0.4, 0.5) is 4.79 Å². The van der Waals surface area contributed by atoms with Gasteiger partial charge in [0.1, 0.15) is 25.0 Å². The van der Waals surface area contributed by atoms with E-state index in [9.17, 15) is 14.4 Å². The van der Waals surface area contributed by atoms with Gasteiger partial charge in [-0.3, -0.25) is 9.59 Å².